The Morgan fingerprint density at radius 3 is 2.80 bits per heavy atom. The molecule has 0 saturated carbocycles. The Morgan fingerprint density at radius 2 is 2.13 bits per heavy atom. The number of fused-ring (bicyclic) bond motifs is 1. The number of hydrogen-bond donors (Lipinski definition) is 0. The number of hydrogen-bond acceptors (Lipinski definition) is 2. The number of anilines is 1. The van der Waals surface area contributed by atoms with Crippen LogP contribution >= 0.6 is 22.6 Å². The normalized spacial score (nSPS) is 18.7. The van der Waals surface area contributed by atoms with E-state index in [1.165, 1.54) is 13.1 Å². The van der Waals surface area contributed by atoms with Crippen LogP contribution in [0.1, 0.15) is 5.56 Å². The van der Waals surface area contributed by atoms with E-state index in [0.717, 1.165) is 9.87 Å². The summed E-state index contributed by atoms with van der Waals surface area (Å²) in [7, 11) is -1.78. The van der Waals surface area contributed by atoms with Crippen LogP contribution in [0.2, 0.25) is 0 Å². The number of aryl methyl sites for hydroxylation is 1. The Balaban J connectivity index is 2.62. The van der Waals surface area contributed by atoms with Crippen LogP contribution in [0.25, 0.3) is 0 Å². The SMILES string of the molecule is CN1c2cc(F)c(I)cc2CCS1(=O)=O. The zero-order valence-electron chi connectivity index (χ0n) is 8.00. The van der Waals surface area contributed by atoms with E-state index >= 15 is 0 Å². The van der Waals surface area contributed by atoms with E-state index in [0.29, 0.717) is 15.7 Å². The topological polar surface area (TPSA) is 37.4 Å². The van der Waals surface area contributed by atoms with Gasteiger partial charge < -0.3 is 0 Å². The van der Waals surface area contributed by atoms with Gasteiger partial charge in [-0.05, 0) is 46.7 Å². The highest BCUT2D eigenvalue weighted by molar-refractivity contribution is 14.1. The molecule has 0 fully saturated rings. The summed E-state index contributed by atoms with van der Waals surface area (Å²) < 4.78 is 38.1. The minimum atomic E-state index is -3.24. The van der Waals surface area contributed by atoms with Crippen molar-refractivity contribution in [3.05, 3.63) is 27.1 Å². The van der Waals surface area contributed by atoms with Crippen LogP contribution in [-0.2, 0) is 16.4 Å². The van der Waals surface area contributed by atoms with Gasteiger partial charge in [-0.25, -0.2) is 12.8 Å². The summed E-state index contributed by atoms with van der Waals surface area (Å²) in [5, 5.41) is 0. The van der Waals surface area contributed by atoms with Crippen LogP contribution in [-0.4, -0.2) is 21.2 Å². The minimum Gasteiger partial charge on any atom is -0.273 e. The van der Waals surface area contributed by atoms with Gasteiger partial charge in [-0.1, -0.05) is 0 Å². The van der Waals surface area contributed by atoms with E-state index in [9.17, 15) is 12.8 Å². The molecule has 0 bridgehead atoms. The lowest BCUT2D eigenvalue weighted by atomic mass is 10.1. The third-order valence-electron chi connectivity index (χ3n) is 2.51. The first kappa shape index (κ1) is 11.1. The third kappa shape index (κ3) is 1.84. The minimum absolute atomic E-state index is 0.0954. The molecular weight excluding hydrogens is 332 g/mol. The van der Waals surface area contributed by atoms with Crippen LogP contribution in [0.3, 0.4) is 0 Å². The van der Waals surface area contributed by atoms with Gasteiger partial charge in [-0.15, -0.1) is 0 Å². The Kier molecular flexibility index (Phi) is 2.66. The largest absolute Gasteiger partial charge is 0.273 e. The summed E-state index contributed by atoms with van der Waals surface area (Å²) in [6.07, 6.45) is 0.457. The Labute approximate surface area is 101 Å². The second-order valence-corrected chi connectivity index (χ2v) is 6.71. The molecule has 1 aliphatic heterocycles. The lowest BCUT2D eigenvalue weighted by Gasteiger charge is -2.27. The van der Waals surface area contributed by atoms with Gasteiger partial charge in [0.15, 0.2) is 0 Å². The molecule has 82 valence electrons. The molecule has 1 aromatic carbocycles. The van der Waals surface area contributed by atoms with E-state index in [1.807, 2.05) is 22.6 Å². The van der Waals surface area contributed by atoms with Crippen molar-refractivity contribution in [3.8, 4) is 0 Å². The highest BCUT2D eigenvalue weighted by Crippen LogP contribution is 2.30. The van der Waals surface area contributed by atoms with Crippen molar-refractivity contribution >= 4 is 38.3 Å². The van der Waals surface area contributed by atoms with E-state index in [-0.39, 0.29) is 11.6 Å². The average molecular weight is 341 g/mol. The number of sulfonamides is 1. The van der Waals surface area contributed by atoms with Gasteiger partial charge in [-0.2, -0.15) is 0 Å². The third-order valence-corrected chi connectivity index (χ3v) is 5.09. The highest BCUT2D eigenvalue weighted by atomic mass is 127. The van der Waals surface area contributed by atoms with Gasteiger partial charge in [0.2, 0.25) is 10.0 Å². The van der Waals surface area contributed by atoms with Crippen molar-refractivity contribution in [2.45, 2.75) is 6.42 Å². The molecule has 1 heterocycles. The Hall–Kier alpha value is -0.370. The molecule has 2 rings (SSSR count). The predicted octanol–water partition coefficient (Wildman–Crippen LogP) is 1.75. The van der Waals surface area contributed by atoms with E-state index in [2.05, 4.69) is 0 Å². The molecule has 3 nitrogen and oxygen atoms in total. The van der Waals surface area contributed by atoms with Crippen molar-refractivity contribution < 1.29 is 12.8 Å². The molecule has 15 heavy (non-hydrogen) atoms. The van der Waals surface area contributed by atoms with Crippen molar-refractivity contribution in [3.63, 3.8) is 0 Å². The fourth-order valence-electron chi connectivity index (χ4n) is 1.60. The van der Waals surface area contributed by atoms with Crippen molar-refractivity contribution in [1.29, 1.82) is 0 Å². The zero-order chi connectivity index (χ0) is 11.2. The first-order valence-corrected chi connectivity index (χ1v) is 7.05. The molecule has 1 aliphatic rings. The van der Waals surface area contributed by atoms with E-state index < -0.39 is 10.0 Å². The van der Waals surface area contributed by atoms with Gasteiger partial charge in [0, 0.05) is 10.6 Å². The quantitative estimate of drug-likeness (QED) is 0.675. The number of halogens is 2. The van der Waals surface area contributed by atoms with Crippen LogP contribution in [0.5, 0.6) is 0 Å². The highest BCUT2D eigenvalue weighted by Gasteiger charge is 2.27. The summed E-state index contributed by atoms with van der Waals surface area (Å²) in [4.78, 5) is 0. The van der Waals surface area contributed by atoms with Gasteiger partial charge >= 0.3 is 0 Å². The van der Waals surface area contributed by atoms with Crippen LogP contribution < -0.4 is 4.31 Å². The van der Waals surface area contributed by atoms with E-state index in [1.54, 1.807) is 6.07 Å². The van der Waals surface area contributed by atoms with E-state index in [4.69, 9.17) is 0 Å². The summed E-state index contributed by atoms with van der Waals surface area (Å²) in [6, 6.07) is 2.99. The molecule has 6 heteroatoms. The molecule has 0 N–H and O–H groups in total. The van der Waals surface area contributed by atoms with Crippen molar-refractivity contribution in [2.75, 3.05) is 17.1 Å². The maximum absolute atomic E-state index is 13.3. The molecular formula is C9H9FINO2S. The molecule has 0 radical (unpaired) electrons. The predicted molar refractivity (Wildman–Crippen MR) is 65.0 cm³/mol. The molecule has 0 spiro atoms. The molecule has 0 aliphatic carbocycles. The van der Waals surface area contributed by atoms with Gasteiger partial charge in [-0.3, -0.25) is 4.31 Å². The second-order valence-electron chi connectivity index (χ2n) is 3.43. The second kappa shape index (κ2) is 3.58. The maximum Gasteiger partial charge on any atom is 0.235 e. The maximum atomic E-state index is 13.3. The lowest BCUT2D eigenvalue weighted by Crippen LogP contribution is -2.34. The summed E-state index contributed by atoms with van der Waals surface area (Å²) in [6.45, 7) is 0. The zero-order valence-corrected chi connectivity index (χ0v) is 11.0. The van der Waals surface area contributed by atoms with Crippen molar-refractivity contribution in [2.24, 2.45) is 0 Å². The fourth-order valence-corrected chi connectivity index (χ4v) is 3.35. The standard InChI is InChI=1S/C9H9FINO2S/c1-12-9-5-7(10)8(11)4-6(9)2-3-15(12,13)14/h4-5H,2-3H2,1H3. The summed E-state index contributed by atoms with van der Waals surface area (Å²) in [5.74, 6) is -0.281. The van der Waals surface area contributed by atoms with Gasteiger partial charge in [0.25, 0.3) is 0 Å². The average Bonchev–Trinajstić information content (AvgIpc) is 2.16. The van der Waals surface area contributed by atoms with Gasteiger partial charge in [0.05, 0.1) is 11.4 Å². The molecule has 0 amide bonds. The smallest absolute Gasteiger partial charge is 0.235 e. The first-order chi connectivity index (χ1) is 6.92. The molecule has 0 aromatic heterocycles. The number of nitrogens with zero attached hydrogens (tertiary/aromatic N) is 1. The number of rotatable bonds is 0. The summed E-state index contributed by atoms with van der Waals surface area (Å²) in [5.41, 5.74) is 1.34. The van der Waals surface area contributed by atoms with Crippen LogP contribution in [0.15, 0.2) is 12.1 Å². The molecule has 0 atom stereocenters. The molecule has 1 aromatic rings. The Morgan fingerprint density at radius 1 is 1.47 bits per heavy atom. The van der Waals surface area contributed by atoms with Gasteiger partial charge in [0.1, 0.15) is 5.82 Å². The monoisotopic (exact) mass is 341 g/mol. The van der Waals surface area contributed by atoms with Crippen LogP contribution in [0, 0.1) is 9.39 Å². The first-order valence-electron chi connectivity index (χ1n) is 4.36. The van der Waals surface area contributed by atoms with Crippen LogP contribution in [0.4, 0.5) is 10.1 Å². The lowest BCUT2D eigenvalue weighted by molar-refractivity contribution is 0.590. The van der Waals surface area contributed by atoms with Crippen molar-refractivity contribution in [1.82, 2.24) is 0 Å². The molecule has 0 unspecified atom stereocenters. The number of benzene rings is 1. The fraction of sp³-hybridized carbons (Fsp3) is 0.333. The summed E-state index contributed by atoms with van der Waals surface area (Å²) >= 11 is 1.90. The Bertz CT molecular complexity index is 515. The molecule has 0 saturated heterocycles.